The molecule has 2 aliphatic rings. The highest BCUT2D eigenvalue weighted by Crippen LogP contribution is 2.28. The monoisotopic (exact) mass is 566 g/mol. The summed E-state index contributed by atoms with van der Waals surface area (Å²) in [5, 5.41) is 15.7. The molecule has 40 heavy (non-hydrogen) atoms. The standard InChI is InChI=1S/C31H62N6O3/c1-26(38)33-14-22-37(25-29(39)24-32)23-15-34-30(40)12-20-35-16-8-27(9-17-35)6-5-7-28-10-18-36(19-11-28)21-13-31(2,3)4/h27-29,39H,5-25,32H2,1-4H3,(H,33,38)(H,34,40). The maximum absolute atomic E-state index is 12.4. The topological polar surface area (TPSA) is 114 Å². The van der Waals surface area contributed by atoms with Gasteiger partial charge < -0.3 is 31.3 Å². The van der Waals surface area contributed by atoms with Gasteiger partial charge in [-0.05, 0) is 82.1 Å². The van der Waals surface area contributed by atoms with Crippen molar-refractivity contribution in [2.24, 2.45) is 23.0 Å². The molecule has 1 unspecified atom stereocenters. The summed E-state index contributed by atoms with van der Waals surface area (Å²) >= 11 is 0. The van der Waals surface area contributed by atoms with Gasteiger partial charge in [-0.3, -0.25) is 14.5 Å². The summed E-state index contributed by atoms with van der Waals surface area (Å²) in [7, 11) is 0. The minimum Gasteiger partial charge on any atom is -0.390 e. The lowest BCUT2D eigenvalue weighted by molar-refractivity contribution is -0.121. The molecule has 1 atom stereocenters. The van der Waals surface area contributed by atoms with E-state index < -0.39 is 6.10 Å². The molecule has 9 nitrogen and oxygen atoms in total. The number of hydrogen-bond acceptors (Lipinski definition) is 7. The highest BCUT2D eigenvalue weighted by atomic mass is 16.3. The molecule has 0 saturated carbocycles. The van der Waals surface area contributed by atoms with Crippen LogP contribution >= 0.6 is 0 Å². The molecule has 5 N–H and O–H groups in total. The Morgan fingerprint density at radius 1 is 0.925 bits per heavy atom. The van der Waals surface area contributed by atoms with Crippen LogP contribution in [0.4, 0.5) is 0 Å². The van der Waals surface area contributed by atoms with E-state index >= 15 is 0 Å². The zero-order valence-corrected chi connectivity index (χ0v) is 26.3. The zero-order chi connectivity index (χ0) is 29.4. The molecule has 9 heteroatoms. The summed E-state index contributed by atoms with van der Waals surface area (Å²) in [5.74, 6) is 1.78. The number of rotatable bonds is 18. The third kappa shape index (κ3) is 16.2. The van der Waals surface area contributed by atoms with Crippen molar-refractivity contribution in [3.8, 4) is 0 Å². The number of aliphatic hydroxyl groups is 1. The normalized spacial score (nSPS) is 19.2. The average Bonchev–Trinajstić information content (AvgIpc) is 2.91. The first-order chi connectivity index (χ1) is 19.0. The highest BCUT2D eigenvalue weighted by Gasteiger charge is 2.23. The molecular weight excluding hydrogens is 504 g/mol. The van der Waals surface area contributed by atoms with E-state index in [1.54, 1.807) is 0 Å². The lowest BCUT2D eigenvalue weighted by Crippen LogP contribution is -2.44. The van der Waals surface area contributed by atoms with Gasteiger partial charge in [-0.2, -0.15) is 0 Å². The first-order valence-electron chi connectivity index (χ1n) is 16.1. The zero-order valence-electron chi connectivity index (χ0n) is 26.3. The smallest absolute Gasteiger partial charge is 0.221 e. The van der Waals surface area contributed by atoms with Crippen molar-refractivity contribution < 1.29 is 14.7 Å². The lowest BCUT2D eigenvalue weighted by atomic mass is 9.86. The summed E-state index contributed by atoms with van der Waals surface area (Å²) in [4.78, 5) is 30.7. The van der Waals surface area contributed by atoms with Gasteiger partial charge >= 0.3 is 0 Å². The van der Waals surface area contributed by atoms with Gasteiger partial charge in [-0.15, -0.1) is 0 Å². The van der Waals surface area contributed by atoms with E-state index in [0.717, 1.165) is 31.5 Å². The fourth-order valence-corrected chi connectivity index (χ4v) is 5.94. The van der Waals surface area contributed by atoms with Crippen molar-refractivity contribution in [2.45, 2.75) is 91.6 Å². The second kappa shape index (κ2) is 19.0. The Balaban J connectivity index is 1.51. The Morgan fingerprint density at radius 2 is 1.45 bits per heavy atom. The number of nitrogens with one attached hydrogen (secondary N) is 2. The summed E-state index contributed by atoms with van der Waals surface area (Å²) in [6, 6.07) is 0. The van der Waals surface area contributed by atoms with Gasteiger partial charge in [-0.1, -0.05) is 40.0 Å². The Hall–Kier alpha value is -1.26. The van der Waals surface area contributed by atoms with Gasteiger partial charge in [0.1, 0.15) is 0 Å². The molecule has 0 aromatic rings. The van der Waals surface area contributed by atoms with Crippen molar-refractivity contribution in [2.75, 3.05) is 78.5 Å². The molecule has 0 aromatic carbocycles. The Bertz CT molecular complexity index is 700. The van der Waals surface area contributed by atoms with Crippen molar-refractivity contribution in [1.82, 2.24) is 25.3 Å². The van der Waals surface area contributed by atoms with Gasteiger partial charge in [0.25, 0.3) is 0 Å². The molecular formula is C31H62N6O3. The van der Waals surface area contributed by atoms with E-state index in [9.17, 15) is 14.7 Å². The number of nitrogens with two attached hydrogens (primary N) is 1. The molecule has 0 bridgehead atoms. The van der Waals surface area contributed by atoms with E-state index in [4.69, 9.17) is 5.73 Å². The highest BCUT2D eigenvalue weighted by molar-refractivity contribution is 5.76. The van der Waals surface area contributed by atoms with E-state index in [-0.39, 0.29) is 18.4 Å². The number of amides is 2. The molecule has 0 aromatic heterocycles. The number of nitrogens with zero attached hydrogens (tertiary/aromatic N) is 3. The molecule has 0 spiro atoms. The van der Waals surface area contributed by atoms with E-state index in [0.29, 0.717) is 44.6 Å². The van der Waals surface area contributed by atoms with Crippen LogP contribution in [0, 0.1) is 17.3 Å². The van der Waals surface area contributed by atoms with Crippen LogP contribution in [0.1, 0.15) is 85.5 Å². The molecule has 2 rings (SSSR count). The molecule has 0 radical (unpaired) electrons. The number of likely N-dealkylation sites (tertiary alicyclic amines) is 2. The van der Waals surface area contributed by atoms with Crippen LogP contribution in [0.3, 0.4) is 0 Å². The maximum Gasteiger partial charge on any atom is 0.221 e. The molecule has 2 amide bonds. The quantitative estimate of drug-likeness (QED) is 0.201. The molecule has 2 heterocycles. The van der Waals surface area contributed by atoms with Crippen LogP contribution < -0.4 is 16.4 Å². The molecule has 2 aliphatic heterocycles. The third-order valence-corrected chi connectivity index (χ3v) is 8.77. The Labute approximate surface area is 245 Å². The maximum atomic E-state index is 12.4. The fourth-order valence-electron chi connectivity index (χ4n) is 5.94. The molecule has 2 fully saturated rings. The largest absolute Gasteiger partial charge is 0.390 e. The lowest BCUT2D eigenvalue weighted by Gasteiger charge is -2.34. The first-order valence-corrected chi connectivity index (χ1v) is 16.1. The minimum absolute atomic E-state index is 0.0743. The number of carbonyl (C=O) groups is 2. The third-order valence-electron chi connectivity index (χ3n) is 8.77. The summed E-state index contributed by atoms with van der Waals surface area (Å²) in [6.45, 7) is 18.3. The first kappa shape index (κ1) is 34.9. The average molecular weight is 567 g/mol. The van der Waals surface area contributed by atoms with Crippen LogP contribution in [0.2, 0.25) is 0 Å². The Morgan fingerprint density at radius 3 is 1.95 bits per heavy atom. The van der Waals surface area contributed by atoms with Crippen LogP contribution in [-0.2, 0) is 9.59 Å². The van der Waals surface area contributed by atoms with Crippen LogP contribution in [0.15, 0.2) is 0 Å². The van der Waals surface area contributed by atoms with E-state index in [1.807, 2.05) is 4.90 Å². The predicted octanol–water partition coefficient (Wildman–Crippen LogP) is 2.28. The Kier molecular flexibility index (Phi) is 16.6. The van der Waals surface area contributed by atoms with E-state index in [1.165, 1.54) is 77.9 Å². The molecule has 0 aliphatic carbocycles. The van der Waals surface area contributed by atoms with Gasteiger partial charge in [0, 0.05) is 59.2 Å². The van der Waals surface area contributed by atoms with Gasteiger partial charge in [0.15, 0.2) is 0 Å². The second-order valence-corrected chi connectivity index (χ2v) is 13.6. The second-order valence-electron chi connectivity index (χ2n) is 13.6. The van der Waals surface area contributed by atoms with Gasteiger partial charge in [0.2, 0.25) is 11.8 Å². The number of carbonyl (C=O) groups excluding carboxylic acids is 2. The van der Waals surface area contributed by atoms with Crippen LogP contribution in [-0.4, -0.2) is 116 Å². The van der Waals surface area contributed by atoms with Crippen molar-refractivity contribution >= 4 is 11.8 Å². The van der Waals surface area contributed by atoms with Gasteiger partial charge in [-0.25, -0.2) is 0 Å². The summed E-state index contributed by atoms with van der Waals surface area (Å²) in [6.07, 6.45) is 10.7. The SMILES string of the molecule is CC(=O)NCCN(CCNC(=O)CCN1CCC(CCCC2CCN(CCC(C)(C)C)CC2)CC1)CC(O)CN. The molecule has 234 valence electrons. The van der Waals surface area contributed by atoms with Gasteiger partial charge in [0.05, 0.1) is 6.10 Å². The number of piperidine rings is 2. The van der Waals surface area contributed by atoms with E-state index in [2.05, 4.69) is 41.2 Å². The summed E-state index contributed by atoms with van der Waals surface area (Å²) in [5.41, 5.74) is 5.99. The van der Waals surface area contributed by atoms with Crippen LogP contribution in [0.5, 0.6) is 0 Å². The van der Waals surface area contributed by atoms with Crippen molar-refractivity contribution in [3.05, 3.63) is 0 Å². The minimum atomic E-state index is -0.613. The molecule has 2 saturated heterocycles. The van der Waals surface area contributed by atoms with Crippen molar-refractivity contribution in [3.63, 3.8) is 0 Å². The predicted molar refractivity (Wildman–Crippen MR) is 164 cm³/mol. The van der Waals surface area contributed by atoms with Crippen molar-refractivity contribution in [1.29, 1.82) is 0 Å². The van der Waals surface area contributed by atoms with Crippen LogP contribution in [0.25, 0.3) is 0 Å². The fraction of sp³-hybridized carbons (Fsp3) is 0.935. The number of hydrogen-bond donors (Lipinski definition) is 4. The summed E-state index contributed by atoms with van der Waals surface area (Å²) < 4.78 is 0. The number of aliphatic hydroxyl groups excluding tert-OH is 1.